The van der Waals surface area contributed by atoms with E-state index >= 15 is 0 Å². The lowest BCUT2D eigenvalue weighted by Crippen LogP contribution is -2.45. The number of carbonyl (C=O) groups is 2. The van der Waals surface area contributed by atoms with Crippen molar-refractivity contribution in [1.29, 1.82) is 0 Å². The van der Waals surface area contributed by atoms with Gasteiger partial charge in [0.05, 0.1) is 17.8 Å². The Morgan fingerprint density at radius 2 is 2.00 bits per heavy atom. The summed E-state index contributed by atoms with van der Waals surface area (Å²) < 4.78 is 5.39. The van der Waals surface area contributed by atoms with Gasteiger partial charge in [0.25, 0.3) is 0 Å². The molecule has 1 amide bonds. The Balaban J connectivity index is 1.70. The van der Waals surface area contributed by atoms with Crippen LogP contribution < -0.4 is 0 Å². The average molecular weight is 347 g/mol. The number of nitrogens with zero attached hydrogens (tertiary/aromatic N) is 3. The number of aliphatic carboxylic acids is 1. The van der Waals surface area contributed by atoms with Crippen LogP contribution in [0, 0.1) is 11.8 Å². The first-order valence-corrected chi connectivity index (χ1v) is 8.97. The van der Waals surface area contributed by atoms with E-state index in [0.717, 1.165) is 12.8 Å². The maximum absolute atomic E-state index is 12.9. The van der Waals surface area contributed by atoms with Gasteiger partial charge < -0.3 is 14.5 Å². The van der Waals surface area contributed by atoms with Crippen LogP contribution in [0.5, 0.6) is 0 Å². The van der Waals surface area contributed by atoms with Crippen molar-refractivity contribution in [3.8, 4) is 0 Å². The van der Waals surface area contributed by atoms with Crippen molar-refractivity contribution in [3.63, 3.8) is 0 Å². The number of carboxylic acid groups (broad SMARTS) is 1. The van der Waals surface area contributed by atoms with Crippen molar-refractivity contribution in [2.24, 2.45) is 11.8 Å². The molecule has 1 aromatic heterocycles. The van der Waals surface area contributed by atoms with E-state index in [9.17, 15) is 14.7 Å². The second-order valence-electron chi connectivity index (χ2n) is 7.26. The molecule has 136 valence electrons. The molecule has 7 heteroatoms. The Morgan fingerprint density at radius 3 is 2.64 bits per heavy atom. The quantitative estimate of drug-likeness (QED) is 0.841. The van der Waals surface area contributed by atoms with Gasteiger partial charge in [-0.3, -0.25) is 9.59 Å². The van der Waals surface area contributed by atoms with Crippen molar-refractivity contribution in [2.45, 2.75) is 51.4 Å². The number of aromatic nitrogens is 2. The highest BCUT2D eigenvalue weighted by Crippen LogP contribution is 2.32. The van der Waals surface area contributed by atoms with E-state index in [-0.39, 0.29) is 17.7 Å². The number of carbonyl (C=O) groups excluding carboxylic acids is 1. The zero-order valence-corrected chi connectivity index (χ0v) is 14.7. The summed E-state index contributed by atoms with van der Waals surface area (Å²) in [6, 6.07) is 0. The number of hydrogen-bond acceptors (Lipinski definition) is 5. The van der Waals surface area contributed by atoms with Crippen LogP contribution in [0.4, 0.5) is 0 Å². The first kappa shape index (κ1) is 17.6. The number of allylic oxidation sites excluding steroid dienone is 2. The van der Waals surface area contributed by atoms with Gasteiger partial charge in [-0.1, -0.05) is 31.2 Å². The van der Waals surface area contributed by atoms with Crippen LogP contribution in [0.15, 0.2) is 16.7 Å². The zero-order valence-electron chi connectivity index (χ0n) is 14.7. The second-order valence-corrected chi connectivity index (χ2v) is 7.26. The molecule has 1 aliphatic carbocycles. The van der Waals surface area contributed by atoms with Gasteiger partial charge in [0.1, 0.15) is 0 Å². The lowest BCUT2D eigenvalue weighted by molar-refractivity contribution is -0.151. The number of amides is 1. The van der Waals surface area contributed by atoms with Gasteiger partial charge in [-0.15, -0.1) is 0 Å². The molecule has 0 bridgehead atoms. The van der Waals surface area contributed by atoms with Crippen LogP contribution >= 0.6 is 0 Å². The number of rotatable bonds is 4. The Labute approximate surface area is 147 Å². The van der Waals surface area contributed by atoms with E-state index in [0.29, 0.717) is 37.6 Å². The summed E-state index contributed by atoms with van der Waals surface area (Å²) in [7, 11) is 0. The van der Waals surface area contributed by atoms with E-state index < -0.39 is 17.8 Å². The largest absolute Gasteiger partial charge is 0.481 e. The predicted octanol–water partition coefficient (Wildman–Crippen LogP) is 2.57. The summed E-state index contributed by atoms with van der Waals surface area (Å²) in [6.07, 6.45) is 6.44. The maximum Gasteiger partial charge on any atom is 0.307 e. The van der Waals surface area contributed by atoms with Gasteiger partial charge >= 0.3 is 5.97 Å². The molecule has 1 saturated heterocycles. The summed E-state index contributed by atoms with van der Waals surface area (Å²) in [4.78, 5) is 30.6. The van der Waals surface area contributed by atoms with E-state index in [4.69, 9.17) is 4.52 Å². The van der Waals surface area contributed by atoms with Gasteiger partial charge in [-0.25, -0.2) is 0 Å². The van der Waals surface area contributed by atoms with Crippen LogP contribution in [-0.2, 0) is 9.59 Å². The smallest absolute Gasteiger partial charge is 0.307 e. The Morgan fingerprint density at radius 1 is 1.28 bits per heavy atom. The average Bonchev–Trinajstić information content (AvgIpc) is 3.11. The summed E-state index contributed by atoms with van der Waals surface area (Å²) in [6.45, 7) is 5.19. The van der Waals surface area contributed by atoms with Gasteiger partial charge in [0.2, 0.25) is 11.8 Å². The molecule has 0 aromatic carbocycles. The number of piperidine rings is 1. The zero-order chi connectivity index (χ0) is 18.0. The normalized spacial score (nSPS) is 26.8. The lowest BCUT2D eigenvalue weighted by atomic mass is 9.81. The van der Waals surface area contributed by atoms with Crippen LogP contribution in [0.2, 0.25) is 0 Å². The fraction of sp³-hybridized carbons (Fsp3) is 0.667. The fourth-order valence-electron chi connectivity index (χ4n) is 3.62. The number of hydrogen-bond donors (Lipinski definition) is 1. The fourth-order valence-corrected chi connectivity index (χ4v) is 3.62. The SMILES string of the molecule is CC(C)c1noc([C@@H]2CCCN(C(=O)[C@H]3CC=CC[C@H]3C(=O)O)C2)n1. The topological polar surface area (TPSA) is 96.5 Å². The number of likely N-dealkylation sites (tertiary alicyclic amines) is 1. The minimum atomic E-state index is -0.894. The van der Waals surface area contributed by atoms with Gasteiger partial charge in [-0.05, 0) is 25.7 Å². The minimum absolute atomic E-state index is 0.0279. The molecule has 0 spiro atoms. The van der Waals surface area contributed by atoms with Crippen LogP contribution in [0.25, 0.3) is 0 Å². The molecular weight excluding hydrogens is 322 g/mol. The standard InChI is InChI=1S/C18H25N3O4/c1-11(2)15-19-16(25-20-15)12-6-5-9-21(10-12)17(22)13-7-3-4-8-14(13)18(23)24/h3-4,11-14H,5-10H2,1-2H3,(H,23,24)/t12-,13+,14-/m1/s1. The van der Waals surface area contributed by atoms with Crippen LogP contribution in [0.3, 0.4) is 0 Å². The molecule has 1 aromatic rings. The van der Waals surface area contributed by atoms with E-state index in [1.54, 1.807) is 4.90 Å². The van der Waals surface area contributed by atoms with Crippen LogP contribution in [0.1, 0.15) is 63.1 Å². The molecule has 0 radical (unpaired) electrons. The maximum atomic E-state index is 12.9. The third-order valence-corrected chi connectivity index (χ3v) is 5.12. The highest BCUT2D eigenvalue weighted by atomic mass is 16.5. The van der Waals surface area contributed by atoms with Crippen molar-refractivity contribution >= 4 is 11.9 Å². The minimum Gasteiger partial charge on any atom is -0.481 e. The summed E-state index contributed by atoms with van der Waals surface area (Å²) in [5, 5.41) is 13.4. The summed E-state index contributed by atoms with van der Waals surface area (Å²) in [5.74, 6) is -0.575. The van der Waals surface area contributed by atoms with Crippen molar-refractivity contribution < 1.29 is 19.2 Å². The molecule has 7 nitrogen and oxygen atoms in total. The molecule has 3 atom stereocenters. The highest BCUT2D eigenvalue weighted by molar-refractivity contribution is 5.85. The number of carboxylic acids is 1. The van der Waals surface area contributed by atoms with E-state index in [1.807, 2.05) is 26.0 Å². The monoisotopic (exact) mass is 347 g/mol. The Hall–Kier alpha value is -2.18. The lowest BCUT2D eigenvalue weighted by Gasteiger charge is -2.35. The molecule has 25 heavy (non-hydrogen) atoms. The molecule has 2 heterocycles. The van der Waals surface area contributed by atoms with Crippen LogP contribution in [-0.4, -0.2) is 45.1 Å². The molecule has 2 aliphatic rings. The molecule has 0 saturated carbocycles. The van der Waals surface area contributed by atoms with Gasteiger partial charge in [-0.2, -0.15) is 4.98 Å². The first-order valence-electron chi connectivity index (χ1n) is 8.97. The molecule has 3 rings (SSSR count). The van der Waals surface area contributed by atoms with E-state index in [1.165, 1.54) is 0 Å². The van der Waals surface area contributed by atoms with Gasteiger partial charge in [0, 0.05) is 19.0 Å². The third kappa shape index (κ3) is 3.75. The van der Waals surface area contributed by atoms with Crippen molar-refractivity contribution in [3.05, 3.63) is 23.9 Å². The Bertz CT molecular complexity index is 667. The molecular formula is C18H25N3O4. The molecule has 1 N–H and O–H groups in total. The highest BCUT2D eigenvalue weighted by Gasteiger charge is 2.38. The summed E-state index contributed by atoms with van der Waals surface area (Å²) >= 11 is 0. The molecule has 1 fully saturated rings. The molecule has 0 unspecified atom stereocenters. The predicted molar refractivity (Wildman–Crippen MR) is 89.9 cm³/mol. The third-order valence-electron chi connectivity index (χ3n) is 5.12. The molecule has 1 aliphatic heterocycles. The van der Waals surface area contributed by atoms with E-state index in [2.05, 4.69) is 10.1 Å². The van der Waals surface area contributed by atoms with Gasteiger partial charge in [0.15, 0.2) is 5.82 Å². The second kappa shape index (κ2) is 7.37. The van der Waals surface area contributed by atoms with Crippen molar-refractivity contribution in [1.82, 2.24) is 15.0 Å². The first-order chi connectivity index (χ1) is 12.0. The summed E-state index contributed by atoms with van der Waals surface area (Å²) in [5.41, 5.74) is 0. The van der Waals surface area contributed by atoms with Crippen molar-refractivity contribution in [2.75, 3.05) is 13.1 Å². The Kier molecular flexibility index (Phi) is 5.20.